The first-order valence-corrected chi connectivity index (χ1v) is 10.4. The monoisotopic (exact) mass is 333 g/mol. The van der Waals surface area contributed by atoms with E-state index in [-0.39, 0.29) is 0 Å². The minimum Gasteiger partial charge on any atom is -0.743 e. The van der Waals surface area contributed by atoms with Crippen molar-refractivity contribution in [2.45, 2.75) is 37.7 Å². The summed E-state index contributed by atoms with van der Waals surface area (Å²) in [5, 5.41) is -4.61. The van der Waals surface area contributed by atoms with Crippen molar-refractivity contribution < 1.29 is 35.7 Å². The van der Waals surface area contributed by atoms with E-state index in [0.29, 0.717) is 12.5 Å². The number of hydrogen-bond acceptors (Lipinski definition) is 6. The zero-order chi connectivity index (χ0) is 16.2. The average Bonchev–Trinajstić information content (AvgIpc) is 2.31. The van der Waals surface area contributed by atoms with E-state index in [2.05, 4.69) is 4.74 Å². The van der Waals surface area contributed by atoms with Gasteiger partial charge in [0.15, 0.2) is 25.0 Å². The van der Waals surface area contributed by atoms with Gasteiger partial charge in [0.2, 0.25) is 0 Å². The van der Waals surface area contributed by atoms with Crippen LogP contribution in [0.1, 0.15) is 13.3 Å². The first kappa shape index (κ1) is 19.4. The van der Waals surface area contributed by atoms with Gasteiger partial charge in [-0.1, -0.05) is 6.92 Å². The van der Waals surface area contributed by atoms with Gasteiger partial charge in [-0.2, -0.15) is 8.78 Å². The normalized spacial score (nSPS) is 14.9. The molecule has 1 unspecified atom stereocenters. The topological polar surface area (TPSA) is 92.7 Å². The minimum absolute atomic E-state index is 0.377. The molecule has 0 aliphatic carbocycles. The highest BCUT2D eigenvalue weighted by atomic mass is 32.2. The lowest BCUT2D eigenvalue weighted by molar-refractivity contribution is -0.154. The lowest BCUT2D eigenvalue weighted by Gasteiger charge is -2.23. The molecule has 6 nitrogen and oxygen atoms in total. The minimum atomic E-state index is -5.84. The van der Waals surface area contributed by atoms with Crippen LogP contribution in [-0.2, 0) is 24.1 Å². The number of halogens is 2. The van der Waals surface area contributed by atoms with Crippen molar-refractivity contribution in [3.8, 4) is 0 Å². The molecule has 0 aromatic carbocycles. The van der Waals surface area contributed by atoms with Crippen LogP contribution in [-0.4, -0.2) is 46.2 Å². The zero-order valence-corrected chi connectivity index (χ0v) is 13.6. The van der Waals surface area contributed by atoms with Crippen molar-refractivity contribution in [2.75, 3.05) is 13.7 Å². The maximum absolute atomic E-state index is 12.8. The second kappa shape index (κ2) is 6.92. The second-order valence-electron chi connectivity index (χ2n) is 5.10. The van der Waals surface area contributed by atoms with Gasteiger partial charge in [0.1, 0.15) is 0 Å². The summed E-state index contributed by atoms with van der Waals surface area (Å²) in [4.78, 5) is 11.4. The van der Waals surface area contributed by atoms with Gasteiger partial charge in [0, 0.05) is 7.11 Å². The fourth-order valence-corrected chi connectivity index (χ4v) is 2.69. The number of carbonyl (C=O) groups excluding carboxylic acids is 1. The lowest BCUT2D eigenvalue weighted by Crippen LogP contribution is -2.36. The van der Waals surface area contributed by atoms with Gasteiger partial charge >= 0.3 is 11.2 Å². The molecule has 0 heterocycles. The van der Waals surface area contributed by atoms with Gasteiger partial charge in [-0.05, 0) is 25.6 Å². The van der Waals surface area contributed by atoms with Gasteiger partial charge in [-0.25, -0.2) is 8.42 Å². The van der Waals surface area contributed by atoms with Crippen LogP contribution < -0.4 is 0 Å². The summed E-state index contributed by atoms with van der Waals surface area (Å²) in [5.41, 5.74) is 0. The molecule has 0 radical (unpaired) electrons. The van der Waals surface area contributed by atoms with Crippen LogP contribution >= 0.6 is 0 Å². The van der Waals surface area contributed by atoms with Crippen LogP contribution in [0.5, 0.6) is 0 Å². The Hall–Kier alpha value is -0.583. The molecule has 0 aromatic heterocycles. The van der Waals surface area contributed by atoms with Gasteiger partial charge in [-0.15, -0.1) is 0 Å². The molecule has 0 spiro atoms. The van der Waals surface area contributed by atoms with Crippen LogP contribution in [0.3, 0.4) is 0 Å². The Bertz CT molecular complexity index is 437. The van der Waals surface area contributed by atoms with Crippen LogP contribution in [0.15, 0.2) is 0 Å². The molecular weight excluding hydrogens is 314 g/mol. The van der Waals surface area contributed by atoms with Crippen LogP contribution in [0.25, 0.3) is 0 Å². The highest BCUT2D eigenvalue weighted by Gasteiger charge is 2.39. The zero-order valence-electron chi connectivity index (χ0n) is 11.8. The van der Waals surface area contributed by atoms with E-state index < -0.39 is 42.2 Å². The molecule has 0 rings (SSSR count). The number of carbonyl (C=O) groups is 1. The second-order valence-corrected chi connectivity index (χ2v) is 11.0. The summed E-state index contributed by atoms with van der Waals surface area (Å²) in [5.74, 6) is -1.64. The van der Waals surface area contributed by atoms with E-state index in [1.165, 1.54) is 6.92 Å². The van der Waals surface area contributed by atoms with E-state index in [0.717, 1.165) is 0 Å². The fourth-order valence-electron chi connectivity index (χ4n) is 1.15. The molecule has 20 heavy (non-hydrogen) atoms. The van der Waals surface area contributed by atoms with Gasteiger partial charge in [-0.3, -0.25) is 4.79 Å². The lowest BCUT2D eigenvalue weighted by atomic mass is 10.1. The molecule has 0 bridgehead atoms. The Morgan fingerprint density at radius 1 is 1.40 bits per heavy atom. The van der Waals surface area contributed by atoms with E-state index >= 15 is 0 Å². The SMILES string of the molecule is CO[Si](C)(C)CCC(C)C(=O)OCC(F)(F)S(=O)(=O)[O-]. The van der Waals surface area contributed by atoms with E-state index in [4.69, 9.17) is 4.43 Å². The number of hydrogen-bond donors (Lipinski definition) is 0. The van der Waals surface area contributed by atoms with Crippen LogP contribution in [0.4, 0.5) is 8.78 Å². The summed E-state index contributed by atoms with van der Waals surface area (Å²) in [6.07, 6.45) is 0.377. The van der Waals surface area contributed by atoms with Crippen molar-refractivity contribution in [3.05, 3.63) is 0 Å². The Morgan fingerprint density at radius 2 is 1.90 bits per heavy atom. The highest BCUT2D eigenvalue weighted by molar-refractivity contribution is 7.86. The first-order chi connectivity index (χ1) is 8.82. The molecule has 0 aliphatic rings. The van der Waals surface area contributed by atoms with Gasteiger partial charge in [0.05, 0.1) is 5.92 Å². The van der Waals surface area contributed by atoms with E-state index in [1.807, 2.05) is 13.1 Å². The van der Waals surface area contributed by atoms with Crippen molar-refractivity contribution in [1.82, 2.24) is 0 Å². The summed E-state index contributed by atoms with van der Waals surface area (Å²) in [7, 11) is -6.15. The molecular formula is C10H19F2O6SSi-. The summed E-state index contributed by atoms with van der Waals surface area (Å²) >= 11 is 0. The predicted octanol–water partition coefficient (Wildman–Crippen LogP) is 1.55. The molecule has 0 aliphatic heterocycles. The Labute approximate surface area is 118 Å². The molecule has 0 N–H and O–H groups in total. The molecule has 0 aromatic rings. The molecule has 10 heteroatoms. The average molecular weight is 333 g/mol. The van der Waals surface area contributed by atoms with Crippen molar-refractivity contribution in [1.29, 1.82) is 0 Å². The smallest absolute Gasteiger partial charge is 0.367 e. The third-order valence-electron chi connectivity index (χ3n) is 2.88. The highest BCUT2D eigenvalue weighted by Crippen LogP contribution is 2.22. The third-order valence-corrected chi connectivity index (χ3v) is 6.33. The predicted molar refractivity (Wildman–Crippen MR) is 68.7 cm³/mol. The van der Waals surface area contributed by atoms with Crippen LogP contribution in [0.2, 0.25) is 19.1 Å². The molecule has 120 valence electrons. The van der Waals surface area contributed by atoms with Crippen LogP contribution in [0, 0.1) is 5.92 Å². The third kappa shape index (κ3) is 6.24. The van der Waals surface area contributed by atoms with Crippen molar-refractivity contribution in [3.63, 3.8) is 0 Å². The standard InChI is InChI=1S/C10H20F2O6SSi/c1-8(5-6-20(3,4)17-2)9(13)18-7-10(11,12)19(14,15)16/h8H,5-7H2,1-4H3,(H,14,15,16)/p-1. The van der Waals surface area contributed by atoms with Gasteiger partial charge < -0.3 is 13.7 Å². The molecule has 0 saturated heterocycles. The molecule has 0 amide bonds. The summed E-state index contributed by atoms with van der Waals surface area (Å²) < 4.78 is 65.7. The first-order valence-electron chi connectivity index (χ1n) is 5.87. The van der Waals surface area contributed by atoms with E-state index in [9.17, 15) is 26.5 Å². The summed E-state index contributed by atoms with van der Waals surface area (Å²) in [6, 6.07) is 0.621. The maximum Gasteiger partial charge on any atom is 0.367 e. The largest absolute Gasteiger partial charge is 0.743 e. The number of ether oxygens (including phenoxy) is 1. The van der Waals surface area contributed by atoms with Crippen molar-refractivity contribution in [2.24, 2.45) is 5.92 Å². The fraction of sp³-hybridized carbons (Fsp3) is 0.900. The molecule has 1 atom stereocenters. The Morgan fingerprint density at radius 3 is 2.30 bits per heavy atom. The quantitative estimate of drug-likeness (QED) is 0.380. The van der Waals surface area contributed by atoms with Crippen molar-refractivity contribution >= 4 is 24.4 Å². The number of esters is 1. The Balaban J connectivity index is 4.36. The maximum atomic E-state index is 12.8. The number of rotatable bonds is 8. The van der Waals surface area contributed by atoms with E-state index in [1.54, 1.807) is 7.11 Å². The number of alkyl halides is 2. The molecule has 0 fully saturated rings. The molecule has 0 saturated carbocycles. The van der Waals surface area contributed by atoms with Gasteiger partial charge in [0.25, 0.3) is 0 Å². The summed E-state index contributed by atoms with van der Waals surface area (Å²) in [6.45, 7) is 3.59. The Kier molecular flexibility index (Phi) is 6.72.